The van der Waals surface area contributed by atoms with E-state index in [9.17, 15) is 9.18 Å². The number of aromatic nitrogens is 3. The van der Waals surface area contributed by atoms with Crippen LogP contribution < -0.4 is 5.32 Å². The van der Waals surface area contributed by atoms with Crippen molar-refractivity contribution in [2.75, 3.05) is 18.4 Å². The molecular formula is C23H25BrFN5OS. The van der Waals surface area contributed by atoms with Crippen molar-refractivity contribution in [3.63, 3.8) is 0 Å². The van der Waals surface area contributed by atoms with Crippen molar-refractivity contribution >= 4 is 39.1 Å². The van der Waals surface area contributed by atoms with Crippen molar-refractivity contribution in [1.82, 2.24) is 19.9 Å². The van der Waals surface area contributed by atoms with E-state index < -0.39 is 0 Å². The van der Waals surface area contributed by atoms with Gasteiger partial charge in [0.15, 0.2) is 0 Å². The van der Waals surface area contributed by atoms with E-state index in [-0.39, 0.29) is 23.2 Å². The first-order valence-corrected chi connectivity index (χ1v) is 12.1. The fourth-order valence-corrected chi connectivity index (χ4v) is 5.07. The Labute approximate surface area is 199 Å². The van der Waals surface area contributed by atoms with Gasteiger partial charge in [-0.3, -0.25) is 4.79 Å². The zero-order valence-electron chi connectivity index (χ0n) is 18.2. The van der Waals surface area contributed by atoms with E-state index in [0.717, 1.165) is 32.8 Å². The summed E-state index contributed by atoms with van der Waals surface area (Å²) in [7, 11) is 0. The Kier molecular flexibility index (Phi) is 6.57. The summed E-state index contributed by atoms with van der Waals surface area (Å²) in [6.45, 7) is 7.44. The number of rotatable bonds is 5. The quantitative estimate of drug-likeness (QED) is 0.480. The number of nitrogens with one attached hydrogen (secondary N) is 1. The molecule has 1 amide bonds. The molecule has 6 nitrogen and oxygen atoms in total. The van der Waals surface area contributed by atoms with E-state index in [4.69, 9.17) is 0 Å². The SMILES string of the molecule is Cc1nc(C(=O)N2CC(C)(C)CCC2CNc2ncc(Br)cn2)c(-c2ccc(F)cc2)s1. The van der Waals surface area contributed by atoms with Gasteiger partial charge in [-0.2, -0.15) is 0 Å². The van der Waals surface area contributed by atoms with E-state index in [1.807, 2.05) is 11.8 Å². The maximum Gasteiger partial charge on any atom is 0.274 e. The number of likely N-dealkylation sites (tertiary alicyclic amines) is 1. The molecule has 1 N–H and O–H groups in total. The van der Waals surface area contributed by atoms with Crippen molar-refractivity contribution in [1.29, 1.82) is 0 Å². The highest BCUT2D eigenvalue weighted by Gasteiger charge is 2.37. The molecule has 2 aromatic heterocycles. The first kappa shape index (κ1) is 22.8. The maximum atomic E-state index is 13.8. The number of aryl methyl sites for hydroxylation is 1. The Bertz CT molecular complexity index is 1100. The number of thiazole rings is 1. The summed E-state index contributed by atoms with van der Waals surface area (Å²) in [5, 5.41) is 4.07. The van der Waals surface area contributed by atoms with Crippen LogP contribution in [0.15, 0.2) is 41.1 Å². The molecule has 1 aliphatic rings. The van der Waals surface area contributed by atoms with Crippen LogP contribution in [-0.2, 0) is 0 Å². The third-order valence-corrected chi connectivity index (χ3v) is 7.04. The molecule has 4 rings (SSSR count). The molecule has 1 fully saturated rings. The highest BCUT2D eigenvalue weighted by molar-refractivity contribution is 9.10. The standard InChI is InChI=1S/C23H25BrFN5OS/c1-14-29-19(20(32-14)15-4-6-17(25)7-5-15)21(31)30-13-23(2,3)9-8-18(30)12-28-22-26-10-16(24)11-27-22/h4-7,10-11,18H,8-9,12-13H2,1-3H3,(H,26,27,28). The minimum atomic E-state index is -0.304. The smallest absolute Gasteiger partial charge is 0.274 e. The lowest BCUT2D eigenvalue weighted by atomic mass is 9.81. The lowest BCUT2D eigenvalue weighted by Crippen LogP contribution is -2.52. The average Bonchev–Trinajstić information content (AvgIpc) is 3.15. The maximum absolute atomic E-state index is 13.8. The number of carbonyl (C=O) groups excluding carboxylic acids is 1. The molecule has 3 aromatic rings. The van der Waals surface area contributed by atoms with E-state index >= 15 is 0 Å². The van der Waals surface area contributed by atoms with Crippen molar-refractivity contribution in [3.8, 4) is 10.4 Å². The third kappa shape index (κ3) is 5.15. The van der Waals surface area contributed by atoms with Crippen molar-refractivity contribution in [2.24, 2.45) is 5.41 Å². The molecule has 1 aromatic carbocycles. The van der Waals surface area contributed by atoms with Crippen LogP contribution in [0.1, 0.15) is 42.2 Å². The second kappa shape index (κ2) is 9.23. The van der Waals surface area contributed by atoms with Gasteiger partial charge in [-0.05, 0) is 58.8 Å². The van der Waals surface area contributed by atoms with Crippen molar-refractivity contribution in [2.45, 2.75) is 39.7 Å². The van der Waals surface area contributed by atoms with Crippen LogP contribution in [0.2, 0.25) is 0 Å². The molecule has 1 saturated heterocycles. The Hall–Kier alpha value is -2.39. The van der Waals surface area contributed by atoms with E-state index in [0.29, 0.717) is 24.7 Å². The Morgan fingerprint density at radius 2 is 1.97 bits per heavy atom. The molecule has 1 aliphatic heterocycles. The molecule has 1 unspecified atom stereocenters. The molecule has 168 valence electrons. The Balaban J connectivity index is 1.60. The zero-order chi connectivity index (χ0) is 22.9. The molecule has 0 bridgehead atoms. The number of halogens is 2. The predicted octanol–water partition coefficient (Wildman–Crippen LogP) is 5.55. The topological polar surface area (TPSA) is 71.0 Å². The molecule has 1 atom stereocenters. The molecule has 0 radical (unpaired) electrons. The van der Waals surface area contributed by atoms with Gasteiger partial charge in [0.25, 0.3) is 5.91 Å². The number of hydrogen-bond donors (Lipinski definition) is 1. The zero-order valence-corrected chi connectivity index (χ0v) is 20.6. The van der Waals surface area contributed by atoms with Gasteiger partial charge in [-0.25, -0.2) is 19.3 Å². The second-order valence-electron chi connectivity index (χ2n) is 8.81. The van der Waals surface area contributed by atoms with Crippen LogP contribution in [0, 0.1) is 18.2 Å². The molecule has 9 heteroatoms. The fraction of sp³-hybridized carbons (Fsp3) is 0.391. The van der Waals surface area contributed by atoms with Gasteiger partial charge in [0.1, 0.15) is 11.5 Å². The summed E-state index contributed by atoms with van der Waals surface area (Å²) in [4.78, 5) is 29.6. The summed E-state index contributed by atoms with van der Waals surface area (Å²) >= 11 is 4.80. The van der Waals surface area contributed by atoms with Crippen LogP contribution in [0.4, 0.5) is 10.3 Å². The Morgan fingerprint density at radius 1 is 1.28 bits per heavy atom. The molecule has 0 saturated carbocycles. The van der Waals surface area contributed by atoms with Gasteiger partial charge in [0, 0.05) is 31.5 Å². The number of anilines is 1. The van der Waals surface area contributed by atoms with Crippen molar-refractivity contribution < 1.29 is 9.18 Å². The first-order valence-electron chi connectivity index (χ1n) is 10.5. The number of piperidine rings is 1. The second-order valence-corrected chi connectivity index (χ2v) is 10.9. The number of carbonyl (C=O) groups is 1. The van der Waals surface area contributed by atoms with E-state index in [1.165, 1.54) is 23.5 Å². The highest BCUT2D eigenvalue weighted by atomic mass is 79.9. The number of nitrogens with zero attached hydrogens (tertiary/aromatic N) is 4. The van der Waals surface area contributed by atoms with Gasteiger partial charge in [0.05, 0.1) is 14.4 Å². The van der Waals surface area contributed by atoms with Crippen LogP contribution in [0.3, 0.4) is 0 Å². The van der Waals surface area contributed by atoms with Gasteiger partial charge in [-0.1, -0.05) is 26.0 Å². The molecule has 32 heavy (non-hydrogen) atoms. The van der Waals surface area contributed by atoms with E-state index in [2.05, 4.69) is 50.0 Å². The van der Waals surface area contributed by atoms with Gasteiger partial charge in [0.2, 0.25) is 5.95 Å². The average molecular weight is 518 g/mol. The van der Waals surface area contributed by atoms with E-state index in [1.54, 1.807) is 24.5 Å². The normalized spacial score (nSPS) is 17.9. The van der Waals surface area contributed by atoms with Gasteiger partial charge >= 0.3 is 0 Å². The summed E-state index contributed by atoms with van der Waals surface area (Å²) in [5.41, 5.74) is 1.25. The summed E-state index contributed by atoms with van der Waals surface area (Å²) in [6, 6.07) is 6.21. The number of hydrogen-bond acceptors (Lipinski definition) is 6. The highest BCUT2D eigenvalue weighted by Crippen LogP contribution is 2.36. The van der Waals surface area contributed by atoms with Gasteiger partial charge < -0.3 is 10.2 Å². The number of amides is 1. The van der Waals surface area contributed by atoms with Crippen LogP contribution in [-0.4, -0.2) is 44.9 Å². The van der Waals surface area contributed by atoms with Crippen LogP contribution >= 0.6 is 27.3 Å². The molecule has 3 heterocycles. The molecular weight excluding hydrogens is 493 g/mol. The lowest BCUT2D eigenvalue weighted by Gasteiger charge is -2.43. The molecule has 0 aliphatic carbocycles. The largest absolute Gasteiger partial charge is 0.352 e. The van der Waals surface area contributed by atoms with Crippen LogP contribution in [0.5, 0.6) is 0 Å². The van der Waals surface area contributed by atoms with Crippen LogP contribution in [0.25, 0.3) is 10.4 Å². The van der Waals surface area contributed by atoms with Crippen molar-refractivity contribution in [3.05, 3.63) is 57.7 Å². The Morgan fingerprint density at radius 3 is 2.66 bits per heavy atom. The minimum absolute atomic E-state index is 0.00848. The van der Waals surface area contributed by atoms with Gasteiger partial charge in [-0.15, -0.1) is 11.3 Å². The lowest BCUT2D eigenvalue weighted by molar-refractivity contribution is 0.0415. The summed E-state index contributed by atoms with van der Waals surface area (Å²) in [5.74, 6) is 0.133. The molecule has 0 spiro atoms. The summed E-state index contributed by atoms with van der Waals surface area (Å²) in [6.07, 6.45) is 5.27. The third-order valence-electron chi connectivity index (χ3n) is 5.61. The first-order chi connectivity index (χ1) is 15.2. The fourth-order valence-electron chi connectivity index (χ4n) is 3.95. The minimum Gasteiger partial charge on any atom is -0.352 e. The monoisotopic (exact) mass is 517 g/mol. The summed E-state index contributed by atoms with van der Waals surface area (Å²) < 4.78 is 14.2. The number of benzene rings is 1. The predicted molar refractivity (Wildman–Crippen MR) is 128 cm³/mol.